The van der Waals surface area contributed by atoms with E-state index in [1.807, 2.05) is 6.92 Å². The number of rotatable bonds is 10. The Hall–Kier alpha value is -1.54. The number of thioether (sulfide) groups is 1. The summed E-state index contributed by atoms with van der Waals surface area (Å²) in [5.74, 6) is -0.586. The van der Waals surface area contributed by atoms with Gasteiger partial charge in [0.25, 0.3) is 5.91 Å². The molecule has 1 rings (SSSR count). The standard InChI is InChI=1S/C15H21NO5S2/c1-2-3-10-23(20,21)13-6-4-12(5-7-13)15(19)16-8-9-22-11-14(17)18/h4-7H,2-3,8-11H2,1H3,(H,16,19)(H,17,18). The molecule has 0 atom stereocenters. The van der Waals surface area contributed by atoms with Gasteiger partial charge in [-0.2, -0.15) is 0 Å². The number of carboxylic acids is 1. The number of carbonyl (C=O) groups excluding carboxylic acids is 1. The number of hydrogen-bond acceptors (Lipinski definition) is 5. The Morgan fingerprint density at radius 1 is 1.22 bits per heavy atom. The maximum Gasteiger partial charge on any atom is 0.313 e. The van der Waals surface area contributed by atoms with E-state index in [2.05, 4.69) is 5.32 Å². The molecule has 6 nitrogen and oxygen atoms in total. The van der Waals surface area contributed by atoms with Gasteiger partial charge in [-0.25, -0.2) is 8.42 Å². The van der Waals surface area contributed by atoms with Crippen LogP contribution in [0.15, 0.2) is 29.2 Å². The molecule has 0 aliphatic heterocycles. The first-order chi connectivity index (χ1) is 10.9. The molecule has 0 spiro atoms. The van der Waals surface area contributed by atoms with E-state index < -0.39 is 15.8 Å². The molecule has 128 valence electrons. The van der Waals surface area contributed by atoms with Crippen LogP contribution in [-0.2, 0) is 14.6 Å². The summed E-state index contributed by atoms with van der Waals surface area (Å²) in [6, 6.07) is 5.86. The number of carboxylic acid groups (broad SMARTS) is 1. The highest BCUT2D eigenvalue weighted by molar-refractivity contribution is 7.99. The zero-order valence-electron chi connectivity index (χ0n) is 12.9. The number of benzene rings is 1. The van der Waals surface area contributed by atoms with Gasteiger partial charge in [-0.3, -0.25) is 9.59 Å². The number of nitrogens with one attached hydrogen (secondary N) is 1. The van der Waals surface area contributed by atoms with E-state index in [0.717, 1.165) is 6.42 Å². The molecule has 0 fully saturated rings. The minimum Gasteiger partial charge on any atom is -0.481 e. The lowest BCUT2D eigenvalue weighted by molar-refractivity contribution is -0.133. The van der Waals surface area contributed by atoms with Crippen molar-refractivity contribution in [3.05, 3.63) is 29.8 Å². The predicted octanol–water partition coefficient (Wildman–Crippen LogP) is 1.81. The minimum absolute atomic E-state index is 0.000185. The molecule has 0 aromatic heterocycles. The van der Waals surface area contributed by atoms with E-state index >= 15 is 0 Å². The molecule has 1 aromatic rings. The van der Waals surface area contributed by atoms with Crippen LogP contribution in [0, 0.1) is 0 Å². The van der Waals surface area contributed by atoms with Crippen LogP contribution in [0.2, 0.25) is 0 Å². The molecular formula is C15H21NO5S2. The molecule has 0 saturated heterocycles. The van der Waals surface area contributed by atoms with E-state index in [0.29, 0.717) is 24.3 Å². The molecular weight excluding hydrogens is 338 g/mol. The van der Waals surface area contributed by atoms with Crippen LogP contribution in [0.25, 0.3) is 0 Å². The number of hydrogen-bond donors (Lipinski definition) is 2. The van der Waals surface area contributed by atoms with Crippen LogP contribution in [0.1, 0.15) is 30.1 Å². The van der Waals surface area contributed by atoms with Crippen molar-refractivity contribution in [2.24, 2.45) is 0 Å². The molecule has 1 aromatic carbocycles. The van der Waals surface area contributed by atoms with E-state index in [-0.39, 0.29) is 22.3 Å². The van der Waals surface area contributed by atoms with Crippen molar-refractivity contribution >= 4 is 33.5 Å². The summed E-state index contributed by atoms with van der Waals surface area (Å²) in [7, 11) is -3.29. The van der Waals surface area contributed by atoms with Gasteiger partial charge >= 0.3 is 5.97 Å². The summed E-state index contributed by atoms with van der Waals surface area (Å²) in [6.45, 7) is 2.28. The van der Waals surface area contributed by atoms with Gasteiger partial charge in [0.1, 0.15) is 0 Å². The lowest BCUT2D eigenvalue weighted by Crippen LogP contribution is -2.26. The average Bonchev–Trinajstić information content (AvgIpc) is 2.52. The minimum atomic E-state index is -3.29. The van der Waals surface area contributed by atoms with Crippen molar-refractivity contribution in [3.63, 3.8) is 0 Å². The fraction of sp³-hybridized carbons (Fsp3) is 0.467. The number of unbranched alkanes of at least 4 members (excludes halogenated alkanes) is 1. The predicted molar refractivity (Wildman–Crippen MR) is 90.7 cm³/mol. The molecule has 8 heteroatoms. The van der Waals surface area contributed by atoms with Crippen LogP contribution in [0.3, 0.4) is 0 Å². The molecule has 0 radical (unpaired) electrons. The highest BCUT2D eigenvalue weighted by atomic mass is 32.2. The summed E-state index contributed by atoms with van der Waals surface area (Å²) in [6.07, 6.45) is 1.41. The lowest BCUT2D eigenvalue weighted by atomic mass is 10.2. The van der Waals surface area contributed by atoms with E-state index in [1.54, 1.807) is 0 Å². The first-order valence-electron chi connectivity index (χ1n) is 7.27. The molecule has 23 heavy (non-hydrogen) atoms. The summed E-state index contributed by atoms with van der Waals surface area (Å²) in [5.41, 5.74) is 0.377. The first kappa shape index (κ1) is 19.5. The zero-order chi connectivity index (χ0) is 17.3. The highest BCUT2D eigenvalue weighted by Crippen LogP contribution is 2.14. The fourth-order valence-corrected chi connectivity index (χ4v) is 3.78. The van der Waals surface area contributed by atoms with Gasteiger partial charge in [0.15, 0.2) is 9.84 Å². The average molecular weight is 359 g/mol. The normalized spacial score (nSPS) is 11.2. The second-order valence-corrected chi connectivity index (χ2v) is 8.11. The maximum absolute atomic E-state index is 12.0. The summed E-state index contributed by atoms with van der Waals surface area (Å²) < 4.78 is 24.0. The largest absolute Gasteiger partial charge is 0.481 e. The van der Waals surface area contributed by atoms with Gasteiger partial charge in [-0.15, -0.1) is 11.8 Å². The summed E-state index contributed by atoms with van der Waals surface area (Å²) in [4.78, 5) is 22.4. The molecule has 0 unspecified atom stereocenters. The van der Waals surface area contributed by atoms with E-state index in [9.17, 15) is 18.0 Å². The second kappa shape index (κ2) is 9.57. The van der Waals surface area contributed by atoms with Crippen molar-refractivity contribution in [1.29, 1.82) is 0 Å². The van der Waals surface area contributed by atoms with Crippen LogP contribution in [0.4, 0.5) is 0 Å². The maximum atomic E-state index is 12.0. The van der Waals surface area contributed by atoms with Crippen LogP contribution in [-0.4, -0.2) is 49.2 Å². The van der Waals surface area contributed by atoms with Gasteiger partial charge in [0, 0.05) is 17.9 Å². The quantitative estimate of drug-likeness (QED) is 0.618. The molecule has 0 heterocycles. The third kappa shape index (κ3) is 7.04. The smallest absolute Gasteiger partial charge is 0.313 e. The number of aliphatic carboxylic acids is 1. The van der Waals surface area contributed by atoms with Crippen molar-refractivity contribution in [3.8, 4) is 0 Å². The Morgan fingerprint density at radius 2 is 1.87 bits per heavy atom. The first-order valence-corrected chi connectivity index (χ1v) is 10.1. The topological polar surface area (TPSA) is 101 Å². The SMILES string of the molecule is CCCCS(=O)(=O)c1ccc(C(=O)NCCSCC(=O)O)cc1. The van der Waals surface area contributed by atoms with E-state index in [1.165, 1.54) is 36.0 Å². The van der Waals surface area contributed by atoms with E-state index in [4.69, 9.17) is 5.11 Å². The Labute approximate surface area is 140 Å². The molecule has 0 saturated carbocycles. The second-order valence-electron chi connectivity index (χ2n) is 4.90. The Balaban J connectivity index is 2.52. The molecule has 1 amide bonds. The lowest BCUT2D eigenvalue weighted by Gasteiger charge is -2.07. The van der Waals surface area contributed by atoms with Gasteiger partial charge in [-0.1, -0.05) is 13.3 Å². The van der Waals surface area contributed by atoms with Gasteiger partial charge in [-0.05, 0) is 30.7 Å². The molecule has 2 N–H and O–H groups in total. The molecule has 0 bridgehead atoms. The highest BCUT2D eigenvalue weighted by Gasteiger charge is 2.14. The molecule has 0 aliphatic rings. The van der Waals surface area contributed by atoms with Crippen LogP contribution < -0.4 is 5.32 Å². The molecule has 0 aliphatic carbocycles. The summed E-state index contributed by atoms with van der Waals surface area (Å²) >= 11 is 1.22. The number of carbonyl (C=O) groups is 2. The monoisotopic (exact) mass is 359 g/mol. The zero-order valence-corrected chi connectivity index (χ0v) is 14.6. The number of amides is 1. The Morgan fingerprint density at radius 3 is 2.43 bits per heavy atom. The van der Waals surface area contributed by atoms with Gasteiger partial charge < -0.3 is 10.4 Å². The fourth-order valence-electron chi connectivity index (χ4n) is 1.76. The Bertz CT molecular complexity index is 626. The summed E-state index contributed by atoms with van der Waals surface area (Å²) in [5, 5.41) is 11.2. The van der Waals surface area contributed by atoms with Crippen molar-refractivity contribution in [2.45, 2.75) is 24.7 Å². The van der Waals surface area contributed by atoms with Gasteiger partial charge in [0.05, 0.1) is 16.4 Å². The van der Waals surface area contributed by atoms with Gasteiger partial charge in [0.2, 0.25) is 0 Å². The van der Waals surface area contributed by atoms with Crippen LogP contribution >= 0.6 is 11.8 Å². The van der Waals surface area contributed by atoms with Crippen molar-refractivity contribution in [1.82, 2.24) is 5.32 Å². The number of sulfone groups is 1. The third-order valence-corrected chi connectivity index (χ3v) is 5.76. The Kier molecular flexibility index (Phi) is 8.11. The van der Waals surface area contributed by atoms with Crippen molar-refractivity contribution < 1.29 is 23.1 Å². The van der Waals surface area contributed by atoms with Crippen molar-refractivity contribution in [2.75, 3.05) is 23.8 Å². The third-order valence-electron chi connectivity index (χ3n) is 3.00. The van der Waals surface area contributed by atoms with Crippen LogP contribution in [0.5, 0.6) is 0 Å².